The smallest absolute Gasteiger partial charge is 0.237 e. The molecule has 180 valence electrons. The maximum absolute atomic E-state index is 13.1. The molecule has 0 spiro atoms. The molecule has 0 unspecified atom stereocenters. The molecule has 0 bridgehead atoms. The molecule has 8 nitrogen and oxygen atoms in total. The van der Waals surface area contributed by atoms with Gasteiger partial charge in [0.05, 0.1) is 5.75 Å². The highest BCUT2D eigenvalue weighted by molar-refractivity contribution is 7.99. The number of amides is 2. The lowest BCUT2D eigenvalue weighted by atomic mass is 10.1. The van der Waals surface area contributed by atoms with Crippen molar-refractivity contribution in [3.63, 3.8) is 0 Å². The van der Waals surface area contributed by atoms with Gasteiger partial charge in [0.15, 0.2) is 11.0 Å². The van der Waals surface area contributed by atoms with Gasteiger partial charge in [-0.2, -0.15) is 0 Å². The van der Waals surface area contributed by atoms with Crippen molar-refractivity contribution in [2.45, 2.75) is 45.0 Å². The Labute approximate surface area is 204 Å². The highest BCUT2D eigenvalue weighted by atomic mass is 32.2. The molecule has 3 rings (SSSR count). The van der Waals surface area contributed by atoms with E-state index in [4.69, 9.17) is 10.5 Å². The van der Waals surface area contributed by atoms with Crippen LogP contribution >= 0.6 is 11.8 Å². The first-order valence-corrected chi connectivity index (χ1v) is 12.3. The van der Waals surface area contributed by atoms with Crippen molar-refractivity contribution in [2.75, 3.05) is 17.2 Å². The van der Waals surface area contributed by atoms with E-state index in [1.807, 2.05) is 65.2 Å². The summed E-state index contributed by atoms with van der Waals surface area (Å²) in [5.74, 6) is 1.57. The number of primary amides is 1. The van der Waals surface area contributed by atoms with Gasteiger partial charge in [0.1, 0.15) is 12.4 Å². The minimum atomic E-state index is -0.446. The Morgan fingerprint density at radius 2 is 1.74 bits per heavy atom. The standard InChI is InChI=1S/C25H31N5O3S/c1-19(2)13-15-30-23(17-33-21-11-7-4-8-12-21)27-28-25(30)34-18-24(32)29(16-14-22(26)31)20-9-5-3-6-10-20/h3-12,19H,13-18H2,1-2H3,(H2,26,31). The molecule has 2 aromatic carbocycles. The van der Waals surface area contributed by atoms with Gasteiger partial charge in [-0.3, -0.25) is 9.59 Å². The lowest BCUT2D eigenvalue weighted by molar-refractivity contribution is -0.118. The summed E-state index contributed by atoms with van der Waals surface area (Å²) in [6, 6.07) is 18.8. The lowest BCUT2D eigenvalue weighted by Crippen LogP contribution is -2.35. The largest absolute Gasteiger partial charge is 0.486 e. The van der Waals surface area contributed by atoms with Gasteiger partial charge in [-0.15, -0.1) is 10.2 Å². The van der Waals surface area contributed by atoms with E-state index in [-0.39, 0.29) is 24.6 Å². The lowest BCUT2D eigenvalue weighted by Gasteiger charge is -2.22. The van der Waals surface area contributed by atoms with Crippen LogP contribution in [0.25, 0.3) is 0 Å². The summed E-state index contributed by atoms with van der Waals surface area (Å²) >= 11 is 1.33. The molecular weight excluding hydrogens is 450 g/mol. The van der Waals surface area contributed by atoms with Gasteiger partial charge in [-0.1, -0.05) is 62.0 Å². The SMILES string of the molecule is CC(C)CCn1c(COc2ccccc2)nnc1SCC(=O)N(CCC(N)=O)c1ccccc1. The van der Waals surface area contributed by atoms with Crippen LogP contribution in [0.1, 0.15) is 32.5 Å². The maximum Gasteiger partial charge on any atom is 0.237 e. The first-order valence-electron chi connectivity index (χ1n) is 11.3. The molecule has 34 heavy (non-hydrogen) atoms. The third-order valence-corrected chi connectivity index (χ3v) is 6.06. The summed E-state index contributed by atoms with van der Waals surface area (Å²) in [5.41, 5.74) is 6.05. The number of rotatable bonds is 13. The minimum absolute atomic E-state index is 0.0941. The minimum Gasteiger partial charge on any atom is -0.486 e. The van der Waals surface area contributed by atoms with Crippen molar-refractivity contribution in [3.05, 3.63) is 66.5 Å². The van der Waals surface area contributed by atoms with Crippen LogP contribution in [-0.2, 0) is 22.7 Å². The van der Waals surface area contributed by atoms with Crippen LogP contribution in [0, 0.1) is 5.92 Å². The Kier molecular flexibility index (Phi) is 9.51. The Morgan fingerprint density at radius 1 is 1.06 bits per heavy atom. The summed E-state index contributed by atoms with van der Waals surface area (Å²) < 4.78 is 7.90. The third kappa shape index (κ3) is 7.62. The molecule has 1 heterocycles. The highest BCUT2D eigenvalue weighted by Crippen LogP contribution is 2.22. The van der Waals surface area contributed by atoms with E-state index in [1.165, 1.54) is 11.8 Å². The van der Waals surface area contributed by atoms with Gasteiger partial charge < -0.3 is 19.9 Å². The Balaban J connectivity index is 1.71. The summed E-state index contributed by atoms with van der Waals surface area (Å²) in [6.45, 7) is 5.58. The quantitative estimate of drug-likeness (QED) is 0.371. The number of carbonyl (C=O) groups excluding carboxylic acids is 2. The zero-order chi connectivity index (χ0) is 24.3. The van der Waals surface area contributed by atoms with Gasteiger partial charge in [0.25, 0.3) is 0 Å². The average Bonchev–Trinajstić information content (AvgIpc) is 3.23. The summed E-state index contributed by atoms with van der Waals surface area (Å²) in [7, 11) is 0. The van der Waals surface area contributed by atoms with Gasteiger partial charge in [-0.05, 0) is 36.6 Å². The van der Waals surface area contributed by atoms with E-state index < -0.39 is 5.91 Å². The number of benzene rings is 2. The van der Waals surface area contributed by atoms with Gasteiger partial charge in [-0.25, -0.2) is 0 Å². The molecule has 0 atom stereocenters. The van der Waals surface area contributed by atoms with Crippen molar-refractivity contribution in [1.29, 1.82) is 0 Å². The summed E-state index contributed by atoms with van der Waals surface area (Å²) in [6.07, 6.45) is 1.05. The normalized spacial score (nSPS) is 10.9. The number of hydrogen-bond acceptors (Lipinski definition) is 6. The van der Waals surface area contributed by atoms with E-state index in [1.54, 1.807) is 4.90 Å². The Bertz CT molecular complexity index is 1060. The molecule has 1 aromatic heterocycles. The summed E-state index contributed by atoms with van der Waals surface area (Å²) in [4.78, 5) is 26.0. The number of para-hydroxylation sites is 2. The number of carbonyl (C=O) groups is 2. The fourth-order valence-corrected chi connectivity index (χ4v) is 4.10. The molecule has 0 saturated heterocycles. The summed E-state index contributed by atoms with van der Waals surface area (Å²) in [5, 5.41) is 9.34. The second kappa shape index (κ2) is 12.8. The van der Waals surface area contributed by atoms with E-state index in [0.717, 1.165) is 24.4 Å². The van der Waals surface area contributed by atoms with Crippen molar-refractivity contribution < 1.29 is 14.3 Å². The molecule has 0 aliphatic carbocycles. The predicted molar refractivity (Wildman–Crippen MR) is 134 cm³/mol. The first kappa shape index (κ1) is 25.3. The van der Waals surface area contributed by atoms with E-state index in [2.05, 4.69) is 24.0 Å². The van der Waals surface area contributed by atoms with Gasteiger partial charge in [0.2, 0.25) is 11.8 Å². The van der Waals surface area contributed by atoms with Crippen LogP contribution in [0.2, 0.25) is 0 Å². The van der Waals surface area contributed by atoms with Crippen LogP contribution in [0.5, 0.6) is 5.75 Å². The maximum atomic E-state index is 13.1. The molecule has 2 amide bonds. The number of nitrogens with zero attached hydrogens (tertiary/aromatic N) is 4. The molecule has 0 saturated carbocycles. The number of nitrogens with two attached hydrogens (primary N) is 1. The first-order chi connectivity index (χ1) is 16.4. The predicted octanol–water partition coefficient (Wildman–Crippen LogP) is 3.90. The molecule has 9 heteroatoms. The Hall–Kier alpha value is -3.33. The Morgan fingerprint density at radius 3 is 2.38 bits per heavy atom. The second-order valence-electron chi connectivity index (χ2n) is 8.22. The third-order valence-electron chi connectivity index (χ3n) is 5.11. The van der Waals surface area contributed by atoms with Crippen molar-refractivity contribution in [2.24, 2.45) is 11.7 Å². The number of hydrogen-bond donors (Lipinski definition) is 1. The molecule has 2 N–H and O–H groups in total. The van der Waals surface area contributed by atoms with Crippen LogP contribution in [-0.4, -0.2) is 38.9 Å². The molecule has 0 aliphatic heterocycles. The second-order valence-corrected chi connectivity index (χ2v) is 9.16. The van der Waals surface area contributed by atoms with Crippen LogP contribution in [0.4, 0.5) is 5.69 Å². The number of anilines is 1. The van der Waals surface area contributed by atoms with Gasteiger partial charge >= 0.3 is 0 Å². The van der Waals surface area contributed by atoms with Crippen LogP contribution < -0.4 is 15.4 Å². The molecule has 3 aromatic rings. The van der Waals surface area contributed by atoms with Crippen LogP contribution in [0.15, 0.2) is 65.8 Å². The van der Waals surface area contributed by atoms with E-state index in [9.17, 15) is 9.59 Å². The highest BCUT2D eigenvalue weighted by Gasteiger charge is 2.20. The van der Waals surface area contributed by atoms with E-state index >= 15 is 0 Å². The zero-order valence-electron chi connectivity index (χ0n) is 19.6. The van der Waals surface area contributed by atoms with E-state index in [0.29, 0.717) is 23.5 Å². The zero-order valence-corrected chi connectivity index (χ0v) is 20.4. The fraction of sp³-hybridized carbons (Fsp3) is 0.360. The van der Waals surface area contributed by atoms with Crippen molar-refractivity contribution in [1.82, 2.24) is 14.8 Å². The fourth-order valence-electron chi connectivity index (χ4n) is 3.24. The van der Waals surface area contributed by atoms with Crippen molar-refractivity contribution in [3.8, 4) is 5.75 Å². The number of aromatic nitrogens is 3. The monoisotopic (exact) mass is 481 g/mol. The number of ether oxygens (including phenoxy) is 1. The number of thioether (sulfide) groups is 1. The topological polar surface area (TPSA) is 103 Å². The van der Waals surface area contributed by atoms with Gasteiger partial charge in [0, 0.05) is 25.2 Å². The molecule has 0 aliphatic rings. The van der Waals surface area contributed by atoms with Crippen molar-refractivity contribution >= 4 is 29.3 Å². The molecule has 0 radical (unpaired) electrons. The average molecular weight is 482 g/mol. The molecular formula is C25H31N5O3S. The molecule has 0 fully saturated rings. The van der Waals surface area contributed by atoms with Crippen LogP contribution in [0.3, 0.4) is 0 Å².